The molecule has 1 heterocycles. The number of aromatic nitrogens is 2. The monoisotopic (exact) mass is 284 g/mol. The summed E-state index contributed by atoms with van der Waals surface area (Å²) < 4.78 is 2.06. The van der Waals surface area contributed by atoms with Crippen molar-refractivity contribution in [3.63, 3.8) is 0 Å². The Bertz CT molecular complexity index is 346. The molecule has 2 nitrogen and oxygen atoms in total. The highest BCUT2D eigenvalue weighted by Crippen LogP contribution is 2.32. The van der Waals surface area contributed by atoms with E-state index >= 15 is 0 Å². The fraction of sp³-hybridized carbons (Fsp3) is 0.769. The molecular weight excluding hydrogens is 264 g/mol. The maximum atomic E-state index is 4.52. The lowest BCUT2D eigenvalue weighted by Crippen LogP contribution is -2.22. The second kappa shape index (κ2) is 5.35. The molecule has 1 aromatic heterocycles. The van der Waals surface area contributed by atoms with Gasteiger partial charge in [0.1, 0.15) is 0 Å². The molecule has 1 aromatic rings. The molecule has 1 saturated carbocycles. The molecule has 0 aromatic carbocycles. The highest BCUT2D eigenvalue weighted by Gasteiger charge is 2.23. The van der Waals surface area contributed by atoms with Gasteiger partial charge in [0.2, 0.25) is 0 Å². The van der Waals surface area contributed by atoms with Gasteiger partial charge in [0.25, 0.3) is 0 Å². The van der Waals surface area contributed by atoms with Crippen LogP contribution in [0.5, 0.6) is 0 Å². The first-order chi connectivity index (χ1) is 7.70. The quantitative estimate of drug-likeness (QED) is 0.777. The summed E-state index contributed by atoms with van der Waals surface area (Å²) in [6.07, 6.45) is 7.70. The van der Waals surface area contributed by atoms with Crippen molar-refractivity contribution >= 4 is 15.9 Å². The Morgan fingerprint density at radius 2 is 2.19 bits per heavy atom. The lowest BCUT2D eigenvalue weighted by Gasteiger charge is -2.27. The lowest BCUT2D eigenvalue weighted by atomic mass is 9.86. The Hall–Kier alpha value is -0.310. The Morgan fingerprint density at radius 1 is 1.44 bits per heavy atom. The van der Waals surface area contributed by atoms with E-state index in [1.807, 2.05) is 0 Å². The summed E-state index contributed by atoms with van der Waals surface area (Å²) in [5, 5.41) is 4.52. The van der Waals surface area contributed by atoms with Crippen molar-refractivity contribution < 1.29 is 0 Å². The van der Waals surface area contributed by atoms with Crippen molar-refractivity contribution in [3.05, 3.63) is 17.5 Å². The van der Waals surface area contributed by atoms with E-state index in [2.05, 4.69) is 45.7 Å². The Labute approximate surface area is 107 Å². The van der Waals surface area contributed by atoms with Crippen molar-refractivity contribution in [1.82, 2.24) is 9.78 Å². The molecule has 0 aliphatic heterocycles. The smallest absolute Gasteiger partial charge is 0.0624 e. The van der Waals surface area contributed by atoms with E-state index < -0.39 is 0 Å². The highest BCUT2D eigenvalue weighted by atomic mass is 79.9. The largest absolute Gasteiger partial charge is 0.272 e. The molecule has 1 fully saturated rings. The number of halogens is 1. The number of hydrogen-bond donors (Lipinski definition) is 0. The fourth-order valence-corrected chi connectivity index (χ4v) is 3.37. The summed E-state index contributed by atoms with van der Waals surface area (Å²) in [6.45, 7) is 2.17. The van der Waals surface area contributed by atoms with Gasteiger partial charge < -0.3 is 0 Å². The van der Waals surface area contributed by atoms with Gasteiger partial charge in [-0.25, -0.2) is 0 Å². The molecule has 90 valence electrons. The zero-order chi connectivity index (χ0) is 11.5. The van der Waals surface area contributed by atoms with Gasteiger partial charge in [-0.3, -0.25) is 4.68 Å². The Morgan fingerprint density at radius 3 is 2.81 bits per heavy atom. The van der Waals surface area contributed by atoms with Gasteiger partial charge in [0.15, 0.2) is 0 Å². The first-order valence-electron chi connectivity index (χ1n) is 6.36. The van der Waals surface area contributed by atoms with Crippen LogP contribution >= 0.6 is 15.9 Å². The van der Waals surface area contributed by atoms with Crippen LogP contribution in [0.4, 0.5) is 0 Å². The summed E-state index contributed by atoms with van der Waals surface area (Å²) in [7, 11) is 2.07. The second-order valence-electron chi connectivity index (χ2n) is 4.87. The van der Waals surface area contributed by atoms with Gasteiger partial charge in [0.05, 0.1) is 5.69 Å². The van der Waals surface area contributed by atoms with Crippen LogP contribution in [-0.2, 0) is 19.9 Å². The van der Waals surface area contributed by atoms with Gasteiger partial charge in [-0.2, -0.15) is 5.10 Å². The van der Waals surface area contributed by atoms with Crippen molar-refractivity contribution in [3.8, 4) is 0 Å². The van der Waals surface area contributed by atoms with Crippen LogP contribution < -0.4 is 0 Å². The summed E-state index contributed by atoms with van der Waals surface area (Å²) in [5.74, 6) is 0.800. The van der Waals surface area contributed by atoms with Crippen LogP contribution in [0.25, 0.3) is 0 Å². The molecule has 2 atom stereocenters. The maximum absolute atomic E-state index is 4.52. The van der Waals surface area contributed by atoms with Gasteiger partial charge in [-0.05, 0) is 37.7 Å². The molecule has 0 spiro atoms. The summed E-state index contributed by atoms with van der Waals surface area (Å²) in [4.78, 5) is 0.709. The van der Waals surface area contributed by atoms with Crippen LogP contribution in [0.15, 0.2) is 6.07 Å². The van der Waals surface area contributed by atoms with Crippen LogP contribution in [-0.4, -0.2) is 14.6 Å². The standard InChI is InChI=1S/C13H21BrN2/c1-3-11-9-12(16(2)15-11)8-10-6-4-5-7-13(10)14/h9-10,13H,3-8H2,1-2H3. The third kappa shape index (κ3) is 2.68. The van der Waals surface area contributed by atoms with E-state index in [4.69, 9.17) is 0 Å². The fourth-order valence-electron chi connectivity index (χ4n) is 2.60. The summed E-state index contributed by atoms with van der Waals surface area (Å²) >= 11 is 3.83. The molecule has 0 radical (unpaired) electrons. The normalized spacial score (nSPS) is 25.9. The first-order valence-corrected chi connectivity index (χ1v) is 7.28. The number of rotatable bonds is 3. The molecule has 1 aliphatic rings. The van der Waals surface area contributed by atoms with Crippen molar-refractivity contribution in [2.45, 2.75) is 50.3 Å². The Balaban J connectivity index is 2.04. The Kier molecular flexibility index (Phi) is 4.06. The van der Waals surface area contributed by atoms with Crippen LogP contribution in [0.2, 0.25) is 0 Å². The zero-order valence-corrected chi connectivity index (χ0v) is 11.8. The van der Waals surface area contributed by atoms with Gasteiger partial charge in [-0.1, -0.05) is 35.7 Å². The predicted molar refractivity (Wildman–Crippen MR) is 71.0 cm³/mol. The average Bonchev–Trinajstić information content (AvgIpc) is 2.63. The minimum absolute atomic E-state index is 0.709. The van der Waals surface area contributed by atoms with Crippen molar-refractivity contribution in [2.24, 2.45) is 13.0 Å². The van der Waals surface area contributed by atoms with Gasteiger partial charge in [0, 0.05) is 17.6 Å². The van der Waals surface area contributed by atoms with Gasteiger partial charge >= 0.3 is 0 Å². The van der Waals surface area contributed by atoms with Crippen LogP contribution in [0.1, 0.15) is 44.0 Å². The van der Waals surface area contributed by atoms with Crippen LogP contribution in [0, 0.1) is 5.92 Å². The molecule has 0 bridgehead atoms. The second-order valence-corrected chi connectivity index (χ2v) is 6.04. The third-order valence-corrected chi connectivity index (χ3v) is 4.88. The highest BCUT2D eigenvalue weighted by molar-refractivity contribution is 9.09. The number of aryl methyl sites for hydroxylation is 2. The van der Waals surface area contributed by atoms with E-state index in [0.717, 1.165) is 12.3 Å². The summed E-state index contributed by atoms with van der Waals surface area (Å²) in [6, 6.07) is 2.27. The minimum atomic E-state index is 0.709. The van der Waals surface area contributed by atoms with E-state index in [9.17, 15) is 0 Å². The summed E-state index contributed by atoms with van der Waals surface area (Å²) in [5.41, 5.74) is 2.62. The number of nitrogens with zero attached hydrogens (tertiary/aromatic N) is 2. The molecule has 0 amide bonds. The molecule has 0 N–H and O–H groups in total. The predicted octanol–water partition coefficient (Wildman–Crippen LogP) is 3.48. The molecular formula is C13H21BrN2. The number of hydrogen-bond acceptors (Lipinski definition) is 1. The lowest BCUT2D eigenvalue weighted by molar-refractivity contribution is 0.367. The molecule has 0 saturated heterocycles. The average molecular weight is 285 g/mol. The maximum Gasteiger partial charge on any atom is 0.0624 e. The van der Waals surface area contributed by atoms with E-state index in [1.54, 1.807) is 0 Å². The van der Waals surface area contributed by atoms with Gasteiger partial charge in [-0.15, -0.1) is 0 Å². The molecule has 2 rings (SSSR count). The third-order valence-electron chi connectivity index (χ3n) is 3.68. The van der Waals surface area contributed by atoms with E-state index in [1.165, 1.54) is 43.5 Å². The topological polar surface area (TPSA) is 17.8 Å². The SMILES string of the molecule is CCc1cc(CC2CCCCC2Br)n(C)n1. The zero-order valence-electron chi connectivity index (χ0n) is 10.2. The van der Waals surface area contributed by atoms with E-state index in [-0.39, 0.29) is 0 Å². The molecule has 2 unspecified atom stereocenters. The van der Waals surface area contributed by atoms with Crippen molar-refractivity contribution in [2.75, 3.05) is 0 Å². The van der Waals surface area contributed by atoms with E-state index in [0.29, 0.717) is 4.83 Å². The first kappa shape index (κ1) is 12.2. The molecule has 3 heteroatoms. The molecule has 16 heavy (non-hydrogen) atoms. The number of alkyl halides is 1. The minimum Gasteiger partial charge on any atom is -0.272 e. The molecule has 1 aliphatic carbocycles. The van der Waals surface area contributed by atoms with Crippen molar-refractivity contribution in [1.29, 1.82) is 0 Å². The van der Waals surface area contributed by atoms with Crippen LogP contribution in [0.3, 0.4) is 0 Å².